The van der Waals surface area contributed by atoms with Gasteiger partial charge < -0.3 is 16.0 Å². The maximum atomic E-state index is 12.3. The molecule has 0 unspecified atom stereocenters. The maximum Gasteiger partial charge on any atom is 0.270 e. The summed E-state index contributed by atoms with van der Waals surface area (Å²) in [6.07, 6.45) is 2.30. The molecule has 2 heterocycles. The highest BCUT2D eigenvalue weighted by molar-refractivity contribution is 6.01. The van der Waals surface area contributed by atoms with Crippen molar-refractivity contribution in [2.75, 3.05) is 13.1 Å². The molecule has 4 rings (SSSR count). The molecule has 152 valence electrons. The number of H-pyrrole nitrogens is 2. The van der Waals surface area contributed by atoms with E-state index >= 15 is 0 Å². The first kappa shape index (κ1) is 19.3. The summed E-state index contributed by atoms with van der Waals surface area (Å²) in [6.45, 7) is 1.02. The smallest absolute Gasteiger partial charge is 0.270 e. The number of hydrogen-bond acceptors (Lipinski definition) is 6. The number of rotatable bonds is 7. The lowest BCUT2D eigenvalue weighted by molar-refractivity contribution is -0.384. The monoisotopic (exact) mass is 405 g/mol. The van der Waals surface area contributed by atoms with Gasteiger partial charge in [-0.1, -0.05) is 12.1 Å². The molecule has 0 saturated carbocycles. The number of hydrogen-bond donors (Lipinski definition) is 4. The van der Waals surface area contributed by atoms with E-state index in [0.29, 0.717) is 47.8 Å². The third-order valence-corrected chi connectivity index (χ3v) is 4.66. The first-order chi connectivity index (χ1) is 14.6. The van der Waals surface area contributed by atoms with Crippen molar-refractivity contribution in [1.82, 2.24) is 25.5 Å². The first-order valence-corrected chi connectivity index (χ1v) is 9.33. The Labute approximate surface area is 170 Å². The third-order valence-electron chi connectivity index (χ3n) is 4.66. The number of imidazole rings is 1. The van der Waals surface area contributed by atoms with E-state index < -0.39 is 4.92 Å². The Morgan fingerprint density at radius 3 is 2.90 bits per heavy atom. The van der Waals surface area contributed by atoms with E-state index in [9.17, 15) is 14.9 Å². The van der Waals surface area contributed by atoms with Gasteiger partial charge in [-0.3, -0.25) is 20.0 Å². The van der Waals surface area contributed by atoms with Crippen molar-refractivity contribution >= 4 is 22.5 Å². The zero-order chi connectivity index (χ0) is 21.1. The van der Waals surface area contributed by atoms with Gasteiger partial charge in [-0.25, -0.2) is 4.98 Å². The molecule has 0 spiro atoms. The molecule has 2 aromatic carbocycles. The van der Waals surface area contributed by atoms with Gasteiger partial charge in [0, 0.05) is 35.2 Å². The highest BCUT2D eigenvalue weighted by Gasteiger charge is 2.16. The Morgan fingerprint density at radius 1 is 1.23 bits per heavy atom. The number of nitrogens with zero attached hydrogens (tertiary/aromatic N) is 3. The second-order valence-electron chi connectivity index (χ2n) is 6.68. The molecule has 0 fully saturated rings. The molecular formula is C20H19N7O3. The summed E-state index contributed by atoms with van der Waals surface area (Å²) in [4.78, 5) is 30.4. The molecule has 4 aromatic rings. The van der Waals surface area contributed by atoms with Gasteiger partial charge in [0.15, 0.2) is 5.82 Å². The SMILES string of the molecule is NCCCNC(=O)c1ccc2[nH]nc(-c3ncc(-c4cccc([N+](=O)[O-])c4)[nH]3)c2c1. The molecular weight excluding hydrogens is 386 g/mol. The van der Waals surface area contributed by atoms with Crippen molar-refractivity contribution in [3.63, 3.8) is 0 Å². The van der Waals surface area contributed by atoms with Crippen molar-refractivity contribution < 1.29 is 9.72 Å². The molecule has 30 heavy (non-hydrogen) atoms. The van der Waals surface area contributed by atoms with Crippen LogP contribution < -0.4 is 11.1 Å². The van der Waals surface area contributed by atoms with Gasteiger partial charge in [0.05, 0.1) is 22.3 Å². The highest BCUT2D eigenvalue weighted by Crippen LogP contribution is 2.28. The van der Waals surface area contributed by atoms with Gasteiger partial charge >= 0.3 is 0 Å². The van der Waals surface area contributed by atoms with Crippen LogP contribution in [0, 0.1) is 10.1 Å². The number of nitro benzene ring substituents is 1. The van der Waals surface area contributed by atoms with E-state index in [1.54, 1.807) is 36.5 Å². The molecule has 0 aliphatic heterocycles. The van der Waals surface area contributed by atoms with Crippen molar-refractivity contribution in [2.24, 2.45) is 5.73 Å². The largest absolute Gasteiger partial charge is 0.352 e. The van der Waals surface area contributed by atoms with E-state index in [-0.39, 0.29) is 11.6 Å². The van der Waals surface area contributed by atoms with Crippen molar-refractivity contribution in [2.45, 2.75) is 6.42 Å². The van der Waals surface area contributed by atoms with Gasteiger partial charge in [-0.2, -0.15) is 5.10 Å². The lowest BCUT2D eigenvalue weighted by Crippen LogP contribution is -2.25. The molecule has 1 amide bonds. The number of benzene rings is 2. The zero-order valence-electron chi connectivity index (χ0n) is 15.9. The molecule has 2 aromatic heterocycles. The van der Waals surface area contributed by atoms with E-state index in [0.717, 1.165) is 10.9 Å². The van der Waals surface area contributed by atoms with Crippen LogP contribution in [0.3, 0.4) is 0 Å². The summed E-state index contributed by atoms with van der Waals surface area (Å²) in [5, 5.41) is 21.8. The number of amides is 1. The average molecular weight is 405 g/mol. The van der Waals surface area contributed by atoms with Crippen LogP contribution in [0.2, 0.25) is 0 Å². The van der Waals surface area contributed by atoms with Crippen molar-refractivity contribution in [3.8, 4) is 22.8 Å². The van der Waals surface area contributed by atoms with E-state index in [4.69, 9.17) is 5.73 Å². The number of aromatic amines is 2. The number of carbonyl (C=O) groups excluding carboxylic acids is 1. The Hall–Kier alpha value is -4.05. The maximum absolute atomic E-state index is 12.3. The summed E-state index contributed by atoms with van der Waals surface area (Å²) in [6, 6.07) is 11.5. The van der Waals surface area contributed by atoms with Crippen molar-refractivity contribution in [1.29, 1.82) is 0 Å². The predicted octanol–water partition coefficient (Wildman–Crippen LogP) is 2.61. The van der Waals surface area contributed by atoms with E-state index in [1.807, 2.05) is 0 Å². The number of nitrogens with two attached hydrogens (primary N) is 1. The van der Waals surface area contributed by atoms with Crippen LogP contribution in [0.4, 0.5) is 5.69 Å². The fourth-order valence-electron chi connectivity index (χ4n) is 3.12. The van der Waals surface area contributed by atoms with Crippen LogP contribution in [0.15, 0.2) is 48.7 Å². The Morgan fingerprint density at radius 2 is 2.10 bits per heavy atom. The molecule has 0 radical (unpaired) electrons. The molecule has 0 saturated heterocycles. The van der Waals surface area contributed by atoms with Crippen LogP contribution in [-0.4, -0.2) is 44.1 Å². The van der Waals surface area contributed by atoms with E-state index in [2.05, 4.69) is 25.5 Å². The van der Waals surface area contributed by atoms with Crippen LogP contribution in [-0.2, 0) is 0 Å². The normalized spacial score (nSPS) is 11.0. The number of nitro groups is 1. The molecule has 0 aliphatic rings. The Balaban J connectivity index is 1.65. The standard InChI is InChI=1S/C20H19N7O3/c21-7-2-8-22-20(28)13-5-6-16-15(10-13)18(26-25-16)19-23-11-17(24-19)12-3-1-4-14(9-12)27(29)30/h1,3-6,9-11H,2,7-8,21H2,(H,22,28)(H,23,24)(H,25,26). The Bertz CT molecular complexity index is 1230. The summed E-state index contributed by atoms with van der Waals surface area (Å²) in [7, 11) is 0. The number of fused-ring (bicyclic) bond motifs is 1. The van der Waals surface area contributed by atoms with Gasteiger partial charge in [0.2, 0.25) is 0 Å². The van der Waals surface area contributed by atoms with Crippen molar-refractivity contribution in [3.05, 3.63) is 64.3 Å². The highest BCUT2D eigenvalue weighted by atomic mass is 16.6. The number of non-ortho nitro benzene ring substituents is 1. The van der Waals surface area contributed by atoms with Crippen LogP contribution in [0.5, 0.6) is 0 Å². The molecule has 10 heteroatoms. The summed E-state index contributed by atoms with van der Waals surface area (Å²) in [5.41, 5.74) is 8.55. The minimum Gasteiger partial charge on any atom is -0.352 e. The predicted molar refractivity (Wildman–Crippen MR) is 112 cm³/mol. The van der Waals surface area contributed by atoms with Gasteiger partial charge in [0.25, 0.3) is 11.6 Å². The lowest BCUT2D eigenvalue weighted by Gasteiger charge is -2.04. The molecule has 0 aliphatic carbocycles. The number of aromatic nitrogens is 4. The minimum atomic E-state index is -0.442. The molecule has 0 atom stereocenters. The summed E-state index contributed by atoms with van der Waals surface area (Å²) < 4.78 is 0. The second-order valence-corrected chi connectivity index (χ2v) is 6.68. The fourth-order valence-corrected chi connectivity index (χ4v) is 3.12. The Kier molecular flexibility index (Phi) is 5.22. The van der Waals surface area contributed by atoms with Crippen LogP contribution >= 0.6 is 0 Å². The molecule has 0 bridgehead atoms. The van der Waals surface area contributed by atoms with Crippen LogP contribution in [0.1, 0.15) is 16.8 Å². The van der Waals surface area contributed by atoms with Gasteiger partial charge in [-0.05, 0) is 31.2 Å². The summed E-state index contributed by atoms with van der Waals surface area (Å²) in [5.74, 6) is 0.303. The molecule has 10 nitrogen and oxygen atoms in total. The van der Waals surface area contributed by atoms with Gasteiger partial charge in [-0.15, -0.1) is 0 Å². The second kappa shape index (κ2) is 8.13. The van der Waals surface area contributed by atoms with Gasteiger partial charge in [0.1, 0.15) is 5.69 Å². The van der Waals surface area contributed by atoms with E-state index in [1.165, 1.54) is 12.1 Å². The zero-order valence-corrected chi connectivity index (χ0v) is 15.9. The van der Waals surface area contributed by atoms with Crippen LogP contribution in [0.25, 0.3) is 33.7 Å². The number of carbonyl (C=O) groups is 1. The lowest BCUT2D eigenvalue weighted by atomic mass is 10.1. The third kappa shape index (κ3) is 3.76. The topological polar surface area (TPSA) is 156 Å². The first-order valence-electron chi connectivity index (χ1n) is 9.33. The fraction of sp³-hybridized carbons (Fsp3) is 0.150. The minimum absolute atomic E-state index is 0.000779. The summed E-state index contributed by atoms with van der Waals surface area (Å²) >= 11 is 0. The quantitative estimate of drug-likeness (QED) is 0.210. The average Bonchev–Trinajstić information content (AvgIpc) is 3.40. The molecule has 5 N–H and O–H groups in total. The number of nitrogens with one attached hydrogen (secondary N) is 3.